The van der Waals surface area contributed by atoms with Gasteiger partial charge in [0.05, 0.1) is 32.1 Å². The molecule has 1 N–H and O–H groups in total. The number of ether oxygens (including phenoxy) is 2. The normalized spacial score (nSPS) is 20.2. The highest BCUT2D eigenvalue weighted by Gasteiger charge is 2.31. The van der Waals surface area contributed by atoms with Gasteiger partial charge in [0, 0.05) is 18.3 Å². The van der Waals surface area contributed by atoms with E-state index < -0.39 is 6.10 Å². The summed E-state index contributed by atoms with van der Waals surface area (Å²) >= 11 is 0. The van der Waals surface area contributed by atoms with Gasteiger partial charge in [0.15, 0.2) is 11.9 Å². The molecule has 1 atom stereocenters. The van der Waals surface area contributed by atoms with Gasteiger partial charge < -0.3 is 19.4 Å². The second-order valence-corrected chi connectivity index (χ2v) is 6.00. The van der Waals surface area contributed by atoms with E-state index in [1.165, 1.54) is 0 Å². The van der Waals surface area contributed by atoms with Gasteiger partial charge in [-0.3, -0.25) is 14.6 Å². The maximum Gasteiger partial charge on any atom is 0.254 e. The van der Waals surface area contributed by atoms with Crippen LogP contribution in [0.3, 0.4) is 0 Å². The van der Waals surface area contributed by atoms with E-state index in [4.69, 9.17) is 9.47 Å². The van der Waals surface area contributed by atoms with Crippen LogP contribution in [0.15, 0.2) is 29.2 Å². The smallest absolute Gasteiger partial charge is 0.254 e. The summed E-state index contributed by atoms with van der Waals surface area (Å²) in [4.78, 5) is 38.2. The number of hydrogen-bond acceptors (Lipinski definition) is 6. The third-order valence-corrected chi connectivity index (χ3v) is 4.38. The van der Waals surface area contributed by atoms with Crippen LogP contribution in [-0.4, -0.2) is 58.2 Å². The molecule has 1 fully saturated rings. The van der Waals surface area contributed by atoms with Crippen molar-refractivity contribution in [3.63, 3.8) is 0 Å². The molecular formula is C17H18N4O4. The molecule has 25 heavy (non-hydrogen) atoms. The van der Waals surface area contributed by atoms with Gasteiger partial charge in [-0.2, -0.15) is 0 Å². The number of rotatable bonds is 2. The van der Waals surface area contributed by atoms with Gasteiger partial charge in [-0.25, -0.2) is 4.98 Å². The van der Waals surface area contributed by atoms with Crippen LogP contribution in [0.2, 0.25) is 0 Å². The Kier molecular flexibility index (Phi) is 4.29. The second kappa shape index (κ2) is 6.73. The minimum absolute atomic E-state index is 0.119. The summed E-state index contributed by atoms with van der Waals surface area (Å²) in [6.07, 6.45) is 1.54. The van der Waals surface area contributed by atoms with Crippen molar-refractivity contribution < 1.29 is 14.3 Å². The number of amides is 1. The van der Waals surface area contributed by atoms with Crippen LogP contribution < -0.4 is 5.56 Å². The Morgan fingerprint density at radius 2 is 2.24 bits per heavy atom. The molecule has 2 aliphatic heterocycles. The van der Waals surface area contributed by atoms with E-state index in [1.54, 1.807) is 23.2 Å². The van der Waals surface area contributed by atoms with Crippen molar-refractivity contribution in [1.29, 1.82) is 0 Å². The Morgan fingerprint density at radius 1 is 1.32 bits per heavy atom. The summed E-state index contributed by atoms with van der Waals surface area (Å²) in [5.41, 5.74) is 1.66. The highest BCUT2D eigenvalue weighted by atomic mass is 16.6. The lowest BCUT2D eigenvalue weighted by Gasteiger charge is -2.32. The fourth-order valence-corrected chi connectivity index (χ4v) is 3.09. The molecule has 2 aromatic heterocycles. The molecule has 1 saturated heterocycles. The summed E-state index contributed by atoms with van der Waals surface area (Å²) in [5, 5.41) is 0. The monoisotopic (exact) mass is 342 g/mol. The number of nitrogens with one attached hydrogen (secondary N) is 1. The largest absolute Gasteiger partial charge is 0.376 e. The minimum Gasteiger partial charge on any atom is -0.376 e. The first kappa shape index (κ1) is 15.9. The van der Waals surface area contributed by atoms with E-state index in [1.807, 2.05) is 6.07 Å². The topological polar surface area (TPSA) is 97.4 Å². The molecule has 4 rings (SSSR count). The predicted molar refractivity (Wildman–Crippen MR) is 87.8 cm³/mol. The van der Waals surface area contributed by atoms with Crippen molar-refractivity contribution in [3.8, 4) is 11.5 Å². The van der Waals surface area contributed by atoms with Gasteiger partial charge in [-0.05, 0) is 18.6 Å². The third kappa shape index (κ3) is 3.18. The number of nitrogens with zero attached hydrogens (tertiary/aromatic N) is 3. The number of aromatic nitrogens is 3. The molecule has 8 nitrogen and oxygen atoms in total. The third-order valence-electron chi connectivity index (χ3n) is 4.38. The molecule has 0 saturated carbocycles. The Morgan fingerprint density at radius 3 is 3.00 bits per heavy atom. The predicted octanol–water partition coefficient (Wildman–Crippen LogP) is 0.132. The molecule has 0 aliphatic carbocycles. The molecule has 2 aliphatic rings. The second-order valence-electron chi connectivity index (χ2n) is 6.00. The van der Waals surface area contributed by atoms with E-state index in [9.17, 15) is 9.59 Å². The lowest BCUT2D eigenvalue weighted by atomic mass is 10.1. The summed E-state index contributed by atoms with van der Waals surface area (Å²) in [5.74, 6) is 0.294. The Bertz CT molecular complexity index is 830. The summed E-state index contributed by atoms with van der Waals surface area (Å²) < 4.78 is 10.8. The lowest BCUT2D eigenvalue weighted by molar-refractivity contribution is -0.158. The molecule has 2 aromatic rings. The maximum absolute atomic E-state index is 12.6. The van der Waals surface area contributed by atoms with Gasteiger partial charge in [0.2, 0.25) is 0 Å². The molecule has 130 valence electrons. The van der Waals surface area contributed by atoms with E-state index >= 15 is 0 Å². The summed E-state index contributed by atoms with van der Waals surface area (Å²) in [7, 11) is 0. The molecular weight excluding hydrogens is 324 g/mol. The van der Waals surface area contributed by atoms with Crippen LogP contribution in [0.4, 0.5) is 0 Å². The van der Waals surface area contributed by atoms with Crippen LogP contribution in [0.5, 0.6) is 0 Å². The fourth-order valence-electron chi connectivity index (χ4n) is 3.09. The average Bonchev–Trinajstić information content (AvgIpc) is 2.68. The standard InChI is InChI=1S/C17H18N4O4/c22-16-11-4-6-21(17(23)14-10-24-7-8-25-14)9-13(11)19-15(20-16)12-3-1-2-5-18-12/h1-3,5,14H,4,6-10H2,(H,19,20,22). The van der Waals surface area contributed by atoms with Gasteiger partial charge in [-0.15, -0.1) is 0 Å². The number of aromatic amines is 1. The molecule has 1 unspecified atom stereocenters. The number of carbonyl (C=O) groups excluding carboxylic acids is 1. The van der Waals surface area contributed by atoms with Crippen molar-refractivity contribution in [2.24, 2.45) is 0 Å². The minimum atomic E-state index is -0.576. The van der Waals surface area contributed by atoms with Gasteiger partial charge in [-0.1, -0.05) is 6.07 Å². The Hall–Kier alpha value is -2.58. The van der Waals surface area contributed by atoms with E-state index in [0.717, 1.165) is 0 Å². The highest BCUT2D eigenvalue weighted by molar-refractivity contribution is 5.81. The molecule has 0 bridgehead atoms. The first-order chi connectivity index (χ1) is 12.2. The Labute approximate surface area is 143 Å². The van der Waals surface area contributed by atoms with E-state index in [0.29, 0.717) is 49.0 Å². The zero-order chi connectivity index (χ0) is 17.2. The van der Waals surface area contributed by atoms with Crippen LogP contribution in [-0.2, 0) is 27.2 Å². The van der Waals surface area contributed by atoms with Crippen molar-refractivity contribution in [3.05, 3.63) is 46.0 Å². The van der Waals surface area contributed by atoms with Crippen molar-refractivity contribution >= 4 is 5.91 Å². The maximum atomic E-state index is 12.6. The van der Waals surface area contributed by atoms with Crippen molar-refractivity contribution in [2.45, 2.75) is 19.1 Å². The Balaban J connectivity index is 1.60. The zero-order valence-electron chi connectivity index (χ0n) is 13.6. The van der Waals surface area contributed by atoms with Crippen LogP contribution >= 0.6 is 0 Å². The lowest BCUT2D eigenvalue weighted by Crippen LogP contribution is -2.48. The number of pyridine rings is 1. The summed E-state index contributed by atoms with van der Waals surface area (Å²) in [6.45, 7) is 1.96. The average molecular weight is 342 g/mol. The van der Waals surface area contributed by atoms with Crippen LogP contribution in [0.1, 0.15) is 11.3 Å². The number of carbonyl (C=O) groups is 1. The van der Waals surface area contributed by atoms with Crippen LogP contribution in [0.25, 0.3) is 11.5 Å². The molecule has 8 heteroatoms. The number of fused-ring (bicyclic) bond motifs is 1. The summed E-state index contributed by atoms with van der Waals surface area (Å²) in [6, 6.07) is 5.41. The molecule has 0 spiro atoms. The van der Waals surface area contributed by atoms with Gasteiger partial charge in [0.25, 0.3) is 11.5 Å². The molecule has 4 heterocycles. The first-order valence-corrected chi connectivity index (χ1v) is 8.24. The van der Waals surface area contributed by atoms with Crippen LogP contribution in [0, 0.1) is 0 Å². The molecule has 0 radical (unpaired) electrons. The molecule has 0 aromatic carbocycles. The van der Waals surface area contributed by atoms with Gasteiger partial charge in [0.1, 0.15) is 5.69 Å². The van der Waals surface area contributed by atoms with Crippen molar-refractivity contribution in [2.75, 3.05) is 26.4 Å². The number of hydrogen-bond donors (Lipinski definition) is 1. The molecule has 1 amide bonds. The van der Waals surface area contributed by atoms with Crippen molar-refractivity contribution in [1.82, 2.24) is 19.9 Å². The number of H-pyrrole nitrogens is 1. The zero-order valence-corrected chi connectivity index (χ0v) is 13.6. The highest BCUT2D eigenvalue weighted by Crippen LogP contribution is 2.19. The SMILES string of the molecule is O=C(C1COCCO1)N1CCc2c(nc(-c3ccccn3)[nH]c2=O)C1. The fraction of sp³-hybridized carbons (Fsp3) is 0.412. The quantitative estimate of drug-likeness (QED) is 0.833. The first-order valence-electron chi connectivity index (χ1n) is 8.24. The van der Waals surface area contributed by atoms with E-state index in [2.05, 4.69) is 15.0 Å². The van der Waals surface area contributed by atoms with Gasteiger partial charge >= 0.3 is 0 Å². The van der Waals surface area contributed by atoms with E-state index in [-0.39, 0.29) is 24.6 Å².